The van der Waals surface area contributed by atoms with Gasteiger partial charge in [0.2, 0.25) is 59.3 Å². The number of aromatic hydroxyl groups is 3. The van der Waals surface area contributed by atoms with Crippen LogP contribution in [0.2, 0.25) is 10.0 Å². The molecule has 2 fully saturated rings. The summed E-state index contributed by atoms with van der Waals surface area (Å²) >= 11 is 14.1. The molecule has 7 heterocycles. The first-order chi connectivity index (χ1) is 49.1. The number of carboxylic acids is 1. The monoisotopic (exact) mass is 1490 g/mol. The maximum atomic E-state index is 16.1. The van der Waals surface area contributed by atoms with Crippen LogP contribution in [0.15, 0.2) is 78.9 Å². The standard InChI is InChI=1S/C68H77Cl2N9O25/c1-24(2)13-36(72-6)60(91)77-51-53(86)28-8-11-40(34(69)15-28)100-42-17-30-18-43(57(42)104-67-58(56(89)55(88)44(23-80)102-67)103-46-22-68(5,79-26(4)81)59(90)25(3)99-46)101-41-12-9-29(16-35(41)70)54(87)52-65(96)76-50(66(97)98)33-19-31(82)20-39(84)47(33)32-14-27(7-10-38(32)83)48(62(93)78-52)75-63(94)49(30)74-61(92)37(21-45(71)85)73-64(51)95/h7-12,14-20,24-25,36-37,44,46,48-56,58-59,67,72,80,82-84,86-90H,13,21-23H2,1-6H3,(H2,71,85)(H,73,95)(H,74,92)(H,75,94)(H,76,96)(H,77,91)(H,78,93)(H,79,81)(H,97,98)/t25-,36+,37-,44+,46-,48+,49+,50-,51+,52-,53+,54+,55+,56-,58+,59+,67-,68-/m0/s1. The lowest BCUT2D eigenvalue weighted by Crippen LogP contribution is -2.66. The predicted molar refractivity (Wildman–Crippen MR) is 359 cm³/mol. The van der Waals surface area contributed by atoms with E-state index in [-0.39, 0.29) is 46.2 Å². The number of rotatable bonds is 14. The van der Waals surface area contributed by atoms with E-state index in [4.69, 9.17) is 57.4 Å². The van der Waals surface area contributed by atoms with E-state index in [0.29, 0.717) is 0 Å². The number of amides is 8. The maximum absolute atomic E-state index is 16.1. The van der Waals surface area contributed by atoms with Crippen LogP contribution in [-0.2, 0) is 57.4 Å². The van der Waals surface area contributed by atoms with Crippen LogP contribution in [0.3, 0.4) is 0 Å². The van der Waals surface area contributed by atoms with Gasteiger partial charge >= 0.3 is 5.97 Å². The molecule has 104 heavy (non-hydrogen) atoms. The number of benzene rings is 5. The molecule has 7 aliphatic rings. The van der Waals surface area contributed by atoms with Gasteiger partial charge in [-0.1, -0.05) is 55.2 Å². The lowest BCUT2D eigenvalue weighted by molar-refractivity contribution is -0.334. The molecule has 0 spiro atoms. The van der Waals surface area contributed by atoms with Gasteiger partial charge in [0.15, 0.2) is 29.9 Å². The zero-order valence-electron chi connectivity index (χ0n) is 56.2. The summed E-state index contributed by atoms with van der Waals surface area (Å²) in [6.45, 7) is 6.78. The smallest absolute Gasteiger partial charge is 0.330 e. The molecule has 0 saturated carbocycles. The van der Waals surface area contributed by atoms with Crippen LogP contribution in [-0.4, -0.2) is 197 Å². The Morgan fingerprint density at radius 2 is 1.32 bits per heavy atom. The SMILES string of the molecule is CN[C@H](CC(C)C)C(=O)N[C@H]1C(=O)N[C@@H](CC(N)=O)C(=O)N[C@H]2C(=O)N[C@H]3C(=O)N[C@H](C(=O)N[C@H](C(=O)O)c4cc(O)cc(O)c4-c4cc3ccc4O)[C@H](O)c3ccc(c(Cl)c3)Oc3cc2cc(c3O[C@@H]2O[C@H](CO)[C@@H](O)[C@H](O)[C@H]2O[C@H]2C[C@](C)(NC(C)=O)[C@H](O)[C@H](C)O2)Oc2ccc(cc2Cl)[C@H]1O. The largest absolute Gasteiger partial charge is 0.508 e. The first-order valence-electron chi connectivity index (χ1n) is 32.5. The van der Waals surface area contributed by atoms with Crippen molar-refractivity contribution in [2.45, 2.75) is 163 Å². The fraction of sp³-hybridized carbons (Fsp3) is 0.426. The van der Waals surface area contributed by atoms with Gasteiger partial charge in [0.05, 0.1) is 40.8 Å². The van der Waals surface area contributed by atoms with Gasteiger partial charge in [0.1, 0.15) is 95.6 Å². The Bertz CT molecular complexity index is 4210. The van der Waals surface area contributed by atoms with Gasteiger partial charge in [-0.05, 0) is 110 Å². The van der Waals surface area contributed by atoms with Crippen LogP contribution in [0.1, 0.15) is 112 Å². The van der Waals surface area contributed by atoms with E-state index < -0.39 is 243 Å². The number of carbonyl (C=O) groups is 9. The number of fused-ring (bicyclic) bond motifs is 15. The van der Waals surface area contributed by atoms with Crippen molar-refractivity contribution in [1.29, 1.82) is 0 Å². The topological polar surface area (TPSA) is 534 Å². The first-order valence-corrected chi connectivity index (χ1v) is 33.3. The normalized spacial score (nSPS) is 28.9. The molecular weight excluding hydrogens is 1410 g/mol. The average molecular weight is 1490 g/mol. The van der Waals surface area contributed by atoms with Gasteiger partial charge in [0, 0.05) is 36.1 Å². The van der Waals surface area contributed by atoms with E-state index in [1.807, 2.05) is 13.8 Å². The number of ether oxygens (including phenoxy) is 6. The summed E-state index contributed by atoms with van der Waals surface area (Å²) in [6.07, 6.45) is -19.2. The molecule has 36 heteroatoms. The molecule has 8 amide bonds. The molecule has 34 nitrogen and oxygen atoms in total. The number of likely N-dealkylation sites (N-methyl/N-ethyl adjacent to an activating group) is 1. The van der Waals surface area contributed by atoms with Gasteiger partial charge in [0.25, 0.3) is 0 Å². The van der Waals surface area contributed by atoms with Crippen molar-refractivity contribution in [1.82, 2.24) is 42.5 Å². The molecule has 0 unspecified atom stereocenters. The van der Waals surface area contributed by atoms with Crippen molar-refractivity contribution >= 4 is 76.4 Å². The second-order valence-electron chi connectivity index (χ2n) is 26.3. The molecule has 12 rings (SSSR count). The zero-order valence-corrected chi connectivity index (χ0v) is 57.7. The Hall–Kier alpha value is -9.69. The second kappa shape index (κ2) is 31.3. The molecule has 2 saturated heterocycles. The van der Waals surface area contributed by atoms with E-state index in [2.05, 4.69) is 42.5 Å². The number of aliphatic hydroxyl groups is 6. The molecule has 5 aromatic rings. The summed E-state index contributed by atoms with van der Waals surface area (Å²) < 4.78 is 38.5. The highest BCUT2D eigenvalue weighted by Gasteiger charge is 2.52. The third kappa shape index (κ3) is 16.3. The predicted octanol–water partition coefficient (Wildman–Crippen LogP) is 0.284. The minimum absolute atomic E-state index is 0.106. The van der Waals surface area contributed by atoms with Gasteiger partial charge < -0.3 is 128 Å². The summed E-state index contributed by atoms with van der Waals surface area (Å²) in [7, 11) is 1.47. The first kappa shape index (κ1) is 76.9. The van der Waals surface area contributed by atoms with Crippen molar-refractivity contribution in [2.24, 2.45) is 11.7 Å². The lowest BCUT2D eigenvalue weighted by Gasteiger charge is -2.48. The number of aliphatic hydroxyl groups excluding tert-OH is 6. The minimum atomic E-state index is -2.37. The average Bonchev–Trinajstić information content (AvgIpc) is 0.778. The molecular formula is C68H77Cl2N9O25. The quantitative estimate of drug-likeness (QED) is 0.0710. The van der Waals surface area contributed by atoms with Gasteiger partial charge in [-0.25, -0.2) is 4.79 Å². The van der Waals surface area contributed by atoms with Crippen molar-refractivity contribution in [2.75, 3.05) is 13.7 Å². The van der Waals surface area contributed by atoms with Gasteiger partial charge in [-0.15, -0.1) is 0 Å². The van der Waals surface area contributed by atoms with Crippen molar-refractivity contribution in [3.05, 3.63) is 117 Å². The highest BCUT2D eigenvalue weighted by Crippen LogP contribution is 2.50. The molecule has 18 atom stereocenters. The van der Waals surface area contributed by atoms with Gasteiger partial charge in [-0.3, -0.25) is 38.4 Å². The number of carboxylic acid groups (broad SMARTS) is 1. The molecule has 20 N–H and O–H groups in total. The van der Waals surface area contributed by atoms with E-state index in [0.717, 1.165) is 66.7 Å². The Balaban J connectivity index is 1.24. The van der Waals surface area contributed by atoms with Crippen LogP contribution >= 0.6 is 23.2 Å². The minimum Gasteiger partial charge on any atom is -0.508 e. The number of halogens is 2. The third-order valence-corrected chi connectivity index (χ3v) is 18.8. The summed E-state index contributed by atoms with van der Waals surface area (Å²) in [5.41, 5.74) is 1.36. The summed E-state index contributed by atoms with van der Waals surface area (Å²) in [6, 6.07) is -0.901. The molecule has 5 aromatic carbocycles. The summed E-state index contributed by atoms with van der Waals surface area (Å²) in [5, 5.41) is 134. The molecule has 0 radical (unpaired) electrons. The van der Waals surface area contributed by atoms with E-state index in [1.165, 1.54) is 40.0 Å². The summed E-state index contributed by atoms with van der Waals surface area (Å²) in [5.74, 6) is -16.8. The van der Waals surface area contributed by atoms with Gasteiger partial charge in [-0.2, -0.15) is 0 Å². The van der Waals surface area contributed by atoms with Crippen LogP contribution in [0, 0.1) is 5.92 Å². The van der Waals surface area contributed by atoms with Crippen LogP contribution in [0.5, 0.6) is 46.0 Å². The number of nitrogens with two attached hydrogens (primary N) is 1. The molecule has 0 aliphatic carbocycles. The lowest BCUT2D eigenvalue weighted by atomic mass is 9.85. The maximum Gasteiger partial charge on any atom is 0.330 e. The van der Waals surface area contributed by atoms with Crippen molar-refractivity contribution < 1.29 is 123 Å². The molecule has 0 aromatic heterocycles. The number of primary amides is 1. The zero-order chi connectivity index (χ0) is 75.8. The van der Waals surface area contributed by atoms with E-state index in [9.17, 15) is 79.8 Å². The summed E-state index contributed by atoms with van der Waals surface area (Å²) in [4.78, 5) is 130. The number of hydrogen-bond acceptors (Lipinski definition) is 25. The van der Waals surface area contributed by atoms with Crippen LogP contribution in [0.25, 0.3) is 11.1 Å². The fourth-order valence-electron chi connectivity index (χ4n) is 13.0. The number of nitrogens with one attached hydrogen (secondary N) is 8. The van der Waals surface area contributed by atoms with Crippen molar-refractivity contribution in [3.63, 3.8) is 0 Å². The highest BCUT2D eigenvalue weighted by atomic mass is 35.5. The fourth-order valence-corrected chi connectivity index (χ4v) is 13.4. The van der Waals surface area contributed by atoms with E-state index in [1.54, 1.807) is 0 Å². The number of phenolic OH excluding ortho intramolecular Hbond substituents is 3. The number of phenols is 3. The number of carbonyl (C=O) groups excluding carboxylic acids is 8. The molecule has 558 valence electrons. The Kier molecular flexibility index (Phi) is 23.2. The molecule has 7 aliphatic heterocycles. The Labute approximate surface area is 601 Å². The van der Waals surface area contributed by atoms with E-state index >= 15 is 14.4 Å². The van der Waals surface area contributed by atoms with Crippen molar-refractivity contribution in [3.8, 4) is 57.1 Å². The Morgan fingerprint density at radius 1 is 0.712 bits per heavy atom. The Morgan fingerprint density at radius 3 is 1.90 bits per heavy atom. The number of aliphatic carboxylic acids is 1. The third-order valence-electron chi connectivity index (χ3n) is 18.2. The second-order valence-corrected chi connectivity index (χ2v) is 27.1. The number of hydrogen-bond donors (Lipinski definition) is 19. The van der Waals surface area contributed by atoms with Crippen LogP contribution in [0.4, 0.5) is 0 Å². The van der Waals surface area contributed by atoms with Crippen LogP contribution < -0.4 is 62.5 Å². The highest BCUT2D eigenvalue weighted by molar-refractivity contribution is 6.32. The molecule has 11 bridgehead atoms.